The van der Waals surface area contributed by atoms with Crippen molar-refractivity contribution >= 4 is 46.6 Å². The maximum absolute atomic E-state index is 12.8. The third kappa shape index (κ3) is 4.29. The average Bonchev–Trinajstić information content (AvgIpc) is 3.23. The molecule has 0 radical (unpaired) electrons. The van der Waals surface area contributed by atoms with Gasteiger partial charge in [0.2, 0.25) is 5.91 Å². The molecule has 4 rings (SSSR count). The molecule has 0 aliphatic carbocycles. The minimum absolute atomic E-state index is 0.0305. The lowest BCUT2D eigenvalue weighted by molar-refractivity contribution is -0.120. The number of rotatable bonds is 5. The molecule has 1 aliphatic heterocycles. The van der Waals surface area contributed by atoms with Crippen LogP contribution in [0.1, 0.15) is 10.4 Å². The zero-order chi connectivity index (χ0) is 21.1. The molecule has 2 N–H and O–H groups in total. The maximum atomic E-state index is 12.8. The van der Waals surface area contributed by atoms with Gasteiger partial charge in [-0.1, -0.05) is 29.4 Å². The van der Waals surface area contributed by atoms with Crippen LogP contribution in [-0.4, -0.2) is 47.3 Å². The van der Waals surface area contributed by atoms with Crippen LogP contribution in [0.2, 0.25) is 5.02 Å². The van der Waals surface area contributed by atoms with Crippen molar-refractivity contribution in [3.05, 3.63) is 65.4 Å². The summed E-state index contributed by atoms with van der Waals surface area (Å²) < 4.78 is 1.93. The van der Waals surface area contributed by atoms with Crippen LogP contribution in [0.5, 0.6) is 0 Å². The summed E-state index contributed by atoms with van der Waals surface area (Å²) in [5.41, 5.74) is 2.76. The summed E-state index contributed by atoms with van der Waals surface area (Å²) in [6.45, 7) is 1.54. The number of thioether (sulfide) groups is 1. The Kier molecular flexibility index (Phi) is 5.96. The first-order valence-electron chi connectivity index (χ1n) is 9.35. The lowest BCUT2D eigenvalue weighted by atomic mass is 10.1. The van der Waals surface area contributed by atoms with Crippen molar-refractivity contribution in [1.82, 2.24) is 14.9 Å². The molecule has 0 saturated carbocycles. The number of nitrogens with zero attached hydrogens (tertiary/aromatic N) is 3. The van der Waals surface area contributed by atoms with Crippen molar-refractivity contribution in [3.63, 3.8) is 0 Å². The van der Waals surface area contributed by atoms with Crippen LogP contribution in [0.25, 0.3) is 5.69 Å². The Morgan fingerprint density at radius 2 is 2.13 bits per heavy atom. The first-order valence-corrected chi connectivity index (χ1v) is 11.0. The van der Waals surface area contributed by atoms with E-state index in [9.17, 15) is 9.59 Å². The van der Waals surface area contributed by atoms with E-state index in [0.29, 0.717) is 29.4 Å². The Morgan fingerprint density at radius 1 is 1.27 bits per heavy atom. The van der Waals surface area contributed by atoms with Gasteiger partial charge in [0.25, 0.3) is 5.91 Å². The van der Waals surface area contributed by atoms with Gasteiger partial charge in [0.05, 0.1) is 17.3 Å². The fraction of sp³-hybridized carbons (Fsp3) is 0.190. The normalized spacial score (nSPS) is 13.8. The van der Waals surface area contributed by atoms with Crippen LogP contribution < -0.4 is 15.5 Å². The predicted octanol–water partition coefficient (Wildman–Crippen LogP) is 3.44. The summed E-state index contributed by atoms with van der Waals surface area (Å²) in [6.07, 6.45) is 5.55. The van der Waals surface area contributed by atoms with Gasteiger partial charge in [0.1, 0.15) is 0 Å². The van der Waals surface area contributed by atoms with Gasteiger partial charge in [-0.25, -0.2) is 4.98 Å². The molecule has 2 aromatic carbocycles. The van der Waals surface area contributed by atoms with Crippen LogP contribution in [0, 0.1) is 0 Å². The minimum atomic E-state index is -0.233. The van der Waals surface area contributed by atoms with Crippen molar-refractivity contribution in [1.29, 1.82) is 0 Å². The maximum Gasteiger partial charge on any atom is 0.255 e. The third-order valence-electron chi connectivity index (χ3n) is 4.76. The fourth-order valence-electron chi connectivity index (χ4n) is 3.32. The molecular weight excluding hydrogens is 422 g/mol. The van der Waals surface area contributed by atoms with Crippen LogP contribution in [-0.2, 0) is 4.79 Å². The number of anilines is 2. The van der Waals surface area contributed by atoms with Crippen molar-refractivity contribution in [2.45, 2.75) is 5.16 Å². The Labute approximate surface area is 183 Å². The van der Waals surface area contributed by atoms with Gasteiger partial charge in [0.15, 0.2) is 5.16 Å². The molecule has 2 amide bonds. The van der Waals surface area contributed by atoms with Gasteiger partial charge in [-0.15, -0.1) is 0 Å². The second-order valence-corrected chi connectivity index (χ2v) is 7.91. The Morgan fingerprint density at radius 3 is 2.90 bits per heavy atom. The number of hydrogen-bond acceptors (Lipinski definition) is 5. The van der Waals surface area contributed by atoms with Crippen LogP contribution >= 0.6 is 23.4 Å². The number of piperazine rings is 1. The summed E-state index contributed by atoms with van der Waals surface area (Å²) in [5, 5.41) is 7.01. The van der Waals surface area contributed by atoms with Gasteiger partial charge >= 0.3 is 0 Å². The molecule has 154 valence electrons. The molecule has 0 unspecified atom stereocenters. The number of nitrogens with one attached hydrogen (secondary N) is 2. The average molecular weight is 442 g/mol. The Hall–Kier alpha value is -2.97. The molecule has 3 aromatic rings. The number of carbonyl (C=O) groups excluding carboxylic acids is 2. The summed E-state index contributed by atoms with van der Waals surface area (Å²) in [6, 6.07) is 12.7. The van der Waals surface area contributed by atoms with E-state index < -0.39 is 0 Å². The van der Waals surface area contributed by atoms with Crippen LogP contribution in [0.15, 0.2) is 60.0 Å². The second-order valence-electron chi connectivity index (χ2n) is 6.73. The number of aromatic nitrogens is 2. The summed E-state index contributed by atoms with van der Waals surface area (Å²) >= 11 is 7.97. The first-order chi connectivity index (χ1) is 14.5. The molecule has 0 spiro atoms. The van der Waals surface area contributed by atoms with E-state index in [4.69, 9.17) is 11.6 Å². The molecule has 7 nitrogen and oxygen atoms in total. The topological polar surface area (TPSA) is 79.3 Å². The highest BCUT2D eigenvalue weighted by Crippen LogP contribution is 2.29. The zero-order valence-electron chi connectivity index (χ0n) is 16.3. The van der Waals surface area contributed by atoms with Crippen molar-refractivity contribution < 1.29 is 9.59 Å². The van der Waals surface area contributed by atoms with Crippen molar-refractivity contribution in [2.24, 2.45) is 0 Å². The van der Waals surface area contributed by atoms with Gasteiger partial charge < -0.3 is 15.5 Å². The monoisotopic (exact) mass is 441 g/mol. The van der Waals surface area contributed by atoms with Gasteiger partial charge in [-0.3, -0.25) is 14.2 Å². The third-order valence-corrected chi connectivity index (χ3v) is 5.73. The number of benzene rings is 2. The van der Waals surface area contributed by atoms with E-state index in [-0.39, 0.29) is 18.4 Å². The largest absolute Gasteiger partial charge is 0.359 e. The van der Waals surface area contributed by atoms with E-state index in [2.05, 4.69) is 15.6 Å². The van der Waals surface area contributed by atoms with Gasteiger partial charge in [0, 0.05) is 42.4 Å². The minimum Gasteiger partial charge on any atom is -0.359 e. The predicted molar refractivity (Wildman–Crippen MR) is 120 cm³/mol. The van der Waals surface area contributed by atoms with Crippen LogP contribution in [0.4, 0.5) is 11.4 Å². The first kappa shape index (κ1) is 20.3. The number of hydrogen-bond donors (Lipinski definition) is 2. The van der Waals surface area contributed by atoms with Crippen molar-refractivity contribution in [2.75, 3.05) is 36.1 Å². The standard InChI is InChI=1S/C21H20ClN5O2S/c1-30-21-24-8-10-27(21)16-4-2-3-14(11-16)20(29)25-15-5-6-18(17(22)12-15)26-9-7-23-19(28)13-26/h2-6,8,10-12H,7,9,13H2,1H3,(H,23,28)(H,25,29). The molecule has 9 heteroatoms. The number of carbonyl (C=O) groups is 2. The highest BCUT2D eigenvalue weighted by molar-refractivity contribution is 7.98. The van der Waals surface area contributed by atoms with E-state index >= 15 is 0 Å². The SMILES string of the molecule is CSc1nccn1-c1cccc(C(=O)Nc2ccc(N3CCNC(=O)C3)c(Cl)c2)c1. The molecule has 2 heterocycles. The van der Waals surface area contributed by atoms with Crippen LogP contribution in [0.3, 0.4) is 0 Å². The van der Waals surface area contributed by atoms with Crippen molar-refractivity contribution in [3.8, 4) is 5.69 Å². The quantitative estimate of drug-likeness (QED) is 0.593. The molecular formula is C21H20ClN5O2S. The highest BCUT2D eigenvalue weighted by atomic mass is 35.5. The van der Waals surface area contributed by atoms with E-state index in [1.807, 2.05) is 46.2 Å². The summed E-state index contributed by atoms with van der Waals surface area (Å²) in [4.78, 5) is 30.6. The smallest absolute Gasteiger partial charge is 0.255 e. The van der Waals surface area contributed by atoms with E-state index in [0.717, 1.165) is 16.5 Å². The number of amides is 2. The van der Waals surface area contributed by atoms with E-state index in [1.165, 1.54) is 11.8 Å². The van der Waals surface area contributed by atoms with Gasteiger partial charge in [-0.2, -0.15) is 0 Å². The molecule has 1 fully saturated rings. The molecule has 1 aromatic heterocycles. The summed E-state index contributed by atoms with van der Waals surface area (Å²) in [7, 11) is 0. The Balaban J connectivity index is 1.51. The van der Waals surface area contributed by atoms with E-state index in [1.54, 1.807) is 24.4 Å². The molecule has 0 bridgehead atoms. The summed E-state index contributed by atoms with van der Waals surface area (Å²) in [5.74, 6) is -0.263. The molecule has 30 heavy (non-hydrogen) atoms. The molecule has 1 saturated heterocycles. The zero-order valence-corrected chi connectivity index (χ0v) is 17.8. The number of halogens is 1. The molecule has 0 atom stereocenters. The Bertz CT molecular complexity index is 1100. The fourth-order valence-corrected chi connectivity index (χ4v) is 4.15. The second kappa shape index (κ2) is 8.81. The highest BCUT2D eigenvalue weighted by Gasteiger charge is 2.19. The lowest BCUT2D eigenvalue weighted by Crippen LogP contribution is -2.47. The lowest BCUT2D eigenvalue weighted by Gasteiger charge is -2.29. The number of imidazole rings is 1. The molecule has 1 aliphatic rings. The van der Waals surface area contributed by atoms with Gasteiger partial charge in [-0.05, 0) is 42.7 Å².